The minimum absolute atomic E-state index is 0.182. The molecular formula is C18H25N3O4. The molecule has 0 aliphatic carbocycles. The molecule has 0 spiro atoms. The average molecular weight is 347 g/mol. The van der Waals surface area contributed by atoms with Gasteiger partial charge in [0, 0.05) is 23.9 Å². The van der Waals surface area contributed by atoms with Gasteiger partial charge in [0.05, 0.1) is 12.5 Å². The summed E-state index contributed by atoms with van der Waals surface area (Å²) in [7, 11) is 0. The smallest absolute Gasteiger partial charge is 0.314 e. The number of anilines is 1. The summed E-state index contributed by atoms with van der Waals surface area (Å²) in [5, 5.41) is 6.67. The minimum Gasteiger partial charge on any atom is -0.465 e. The van der Waals surface area contributed by atoms with Gasteiger partial charge in [-0.3, -0.25) is 14.4 Å². The highest BCUT2D eigenvalue weighted by atomic mass is 16.5. The van der Waals surface area contributed by atoms with E-state index in [0.717, 1.165) is 6.42 Å². The van der Waals surface area contributed by atoms with Crippen LogP contribution in [0.3, 0.4) is 0 Å². The number of hydrazone groups is 1. The van der Waals surface area contributed by atoms with Crippen LogP contribution in [0.25, 0.3) is 0 Å². The number of hydrogen-bond donors (Lipinski definition) is 2. The van der Waals surface area contributed by atoms with Crippen molar-refractivity contribution in [2.45, 2.75) is 40.5 Å². The number of carbonyl (C=O) groups excluding carboxylic acids is 3. The fourth-order valence-corrected chi connectivity index (χ4v) is 2.22. The lowest BCUT2D eigenvalue weighted by Crippen LogP contribution is -2.27. The van der Waals surface area contributed by atoms with Gasteiger partial charge in [0.2, 0.25) is 5.91 Å². The molecule has 0 unspecified atom stereocenters. The average Bonchev–Trinajstić information content (AvgIpc) is 2.57. The Morgan fingerprint density at radius 3 is 2.28 bits per heavy atom. The lowest BCUT2D eigenvalue weighted by molar-refractivity contribution is -0.145. The Balaban J connectivity index is 2.75. The van der Waals surface area contributed by atoms with E-state index in [1.807, 2.05) is 6.92 Å². The van der Waals surface area contributed by atoms with E-state index >= 15 is 0 Å². The third-order valence-electron chi connectivity index (χ3n) is 3.45. The van der Waals surface area contributed by atoms with Crippen LogP contribution in [0.4, 0.5) is 5.69 Å². The fourth-order valence-electron chi connectivity index (χ4n) is 2.22. The van der Waals surface area contributed by atoms with Crippen molar-refractivity contribution < 1.29 is 19.1 Å². The Kier molecular flexibility index (Phi) is 8.32. The Labute approximate surface area is 147 Å². The van der Waals surface area contributed by atoms with Crippen LogP contribution in [0.1, 0.15) is 50.9 Å². The van der Waals surface area contributed by atoms with Crippen LogP contribution in [-0.2, 0) is 14.3 Å². The van der Waals surface area contributed by atoms with Gasteiger partial charge in [-0.2, -0.15) is 5.10 Å². The van der Waals surface area contributed by atoms with Gasteiger partial charge in [0.1, 0.15) is 0 Å². The number of ether oxygens (including phenoxy) is 1. The van der Waals surface area contributed by atoms with E-state index in [1.165, 1.54) is 6.92 Å². The Hall–Kier alpha value is -2.70. The van der Waals surface area contributed by atoms with Gasteiger partial charge in [-0.1, -0.05) is 13.3 Å². The van der Waals surface area contributed by atoms with Crippen LogP contribution >= 0.6 is 0 Å². The molecule has 1 aromatic carbocycles. The number of amides is 2. The molecule has 1 rings (SSSR count). The second-order valence-electron chi connectivity index (χ2n) is 5.55. The highest BCUT2D eigenvalue weighted by Crippen LogP contribution is 2.12. The molecule has 0 radical (unpaired) electrons. The third-order valence-corrected chi connectivity index (χ3v) is 3.45. The highest BCUT2D eigenvalue weighted by molar-refractivity contribution is 6.02. The van der Waals surface area contributed by atoms with Crippen molar-refractivity contribution in [1.29, 1.82) is 0 Å². The summed E-state index contributed by atoms with van der Waals surface area (Å²) in [6.45, 7) is 7.12. The van der Waals surface area contributed by atoms with E-state index in [-0.39, 0.29) is 11.9 Å². The lowest BCUT2D eigenvalue weighted by atomic mass is 9.99. The van der Waals surface area contributed by atoms with E-state index < -0.39 is 11.8 Å². The van der Waals surface area contributed by atoms with Gasteiger partial charge in [-0.25, -0.2) is 5.43 Å². The first-order chi connectivity index (χ1) is 11.9. The number of nitrogens with zero attached hydrogens (tertiary/aromatic N) is 1. The van der Waals surface area contributed by atoms with Crippen LogP contribution in [0, 0.1) is 5.92 Å². The van der Waals surface area contributed by atoms with Crippen molar-refractivity contribution in [1.82, 2.24) is 5.43 Å². The van der Waals surface area contributed by atoms with Crippen molar-refractivity contribution in [3.63, 3.8) is 0 Å². The molecular weight excluding hydrogens is 322 g/mol. The van der Waals surface area contributed by atoms with E-state index in [4.69, 9.17) is 4.74 Å². The first-order valence-corrected chi connectivity index (χ1v) is 8.27. The SMILES string of the molecule is CCC[C@@H](C(=O)OCC)C(C)=NNC(=O)c1ccc(NC(C)=O)cc1. The molecule has 2 N–H and O–H groups in total. The number of hydrogen-bond acceptors (Lipinski definition) is 5. The number of esters is 1. The molecule has 1 aromatic rings. The summed E-state index contributed by atoms with van der Waals surface area (Å²) in [6.07, 6.45) is 1.41. The molecule has 0 saturated heterocycles. The normalized spacial score (nSPS) is 12.2. The van der Waals surface area contributed by atoms with Crippen molar-refractivity contribution >= 4 is 29.2 Å². The van der Waals surface area contributed by atoms with Crippen molar-refractivity contribution in [3.05, 3.63) is 29.8 Å². The predicted molar refractivity (Wildman–Crippen MR) is 96.4 cm³/mol. The third kappa shape index (κ3) is 6.74. The topological polar surface area (TPSA) is 96.9 Å². The summed E-state index contributed by atoms with van der Waals surface area (Å²) in [5.41, 5.74) is 3.95. The summed E-state index contributed by atoms with van der Waals surface area (Å²) >= 11 is 0. The maximum atomic E-state index is 12.1. The molecule has 0 aromatic heterocycles. The standard InChI is InChI=1S/C18H25N3O4/c1-5-7-16(18(24)25-6-2)12(3)20-21-17(23)14-8-10-15(11-9-14)19-13(4)22/h8-11,16H,5-7H2,1-4H3,(H,19,22)(H,21,23)/t16-/m1/s1. The molecule has 136 valence electrons. The predicted octanol–water partition coefficient (Wildman–Crippen LogP) is 2.73. The van der Waals surface area contributed by atoms with Gasteiger partial charge in [0.15, 0.2) is 0 Å². The largest absolute Gasteiger partial charge is 0.465 e. The summed E-state index contributed by atoms with van der Waals surface area (Å²) in [5.74, 6) is -1.38. The Morgan fingerprint density at radius 1 is 1.12 bits per heavy atom. The number of carbonyl (C=O) groups is 3. The minimum atomic E-state index is -0.465. The van der Waals surface area contributed by atoms with Gasteiger partial charge >= 0.3 is 5.97 Å². The molecule has 7 nitrogen and oxygen atoms in total. The summed E-state index contributed by atoms with van der Waals surface area (Å²) in [6, 6.07) is 6.43. The molecule has 2 amide bonds. The van der Waals surface area contributed by atoms with E-state index in [1.54, 1.807) is 38.1 Å². The molecule has 1 atom stereocenters. The van der Waals surface area contributed by atoms with Gasteiger partial charge in [0.25, 0.3) is 5.91 Å². The molecule has 25 heavy (non-hydrogen) atoms. The maximum Gasteiger partial charge on any atom is 0.314 e. The molecule has 7 heteroatoms. The van der Waals surface area contributed by atoms with Crippen molar-refractivity contribution in [2.24, 2.45) is 11.0 Å². The lowest BCUT2D eigenvalue weighted by Gasteiger charge is -2.14. The molecule has 0 saturated carbocycles. The summed E-state index contributed by atoms with van der Waals surface area (Å²) in [4.78, 5) is 35.1. The second-order valence-corrected chi connectivity index (χ2v) is 5.55. The Bertz CT molecular complexity index is 638. The zero-order valence-corrected chi connectivity index (χ0v) is 15.1. The van der Waals surface area contributed by atoms with Crippen LogP contribution in [0.2, 0.25) is 0 Å². The molecule has 0 fully saturated rings. The monoisotopic (exact) mass is 347 g/mol. The summed E-state index contributed by atoms with van der Waals surface area (Å²) < 4.78 is 5.05. The quantitative estimate of drug-likeness (QED) is 0.429. The highest BCUT2D eigenvalue weighted by Gasteiger charge is 2.22. The number of benzene rings is 1. The van der Waals surface area contributed by atoms with Crippen molar-refractivity contribution in [3.8, 4) is 0 Å². The molecule has 0 aliphatic rings. The fraction of sp³-hybridized carbons (Fsp3) is 0.444. The molecule has 0 bridgehead atoms. The van der Waals surface area contributed by atoms with Crippen LogP contribution in [-0.4, -0.2) is 30.1 Å². The van der Waals surface area contributed by atoms with Crippen LogP contribution in [0.15, 0.2) is 29.4 Å². The van der Waals surface area contributed by atoms with E-state index in [2.05, 4.69) is 15.8 Å². The zero-order valence-electron chi connectivity index (χ0n) is 15.1. The van der Waals surface area contributed by atoms with Crippen LogP contribution in [0.5, 0.6) is 0 Å². The maximum absolute atomic E-state index is 12.1. The molecule has 0 aliphatic heterocycles. The second kappa shape index (κ2) is 10.2. The molecule has 0 heterocycles. The van der Waals surface area contributed by atoms with Crippen molar-refractivity contribution in [2.75, 3.05) is 11.9 Å². The Morgan fingerprint density at radius 2 is 1.76 bits per heavy atom. The zero-order chi connectivity index (χ0) is 18.8. The first-order valence-electron chi connectivity index (χ1n) is 8.27. The van der Waals surface area contributed by atoms with Gasteiger partial charge in [-0.05, 0) is 44.5 Å². The van der Waals surface area contributed by atoms with Gasteiger partial charge in [-0.15, -0.1) is 0 Å². The number of nitrogens with one attached hydrogen (secondary N) is 2. The first kappa shape index (κ1) is 20.3. The van der Waals surface area contributed by atoms with E-state index in [9.17, 15) is 14.4 Å². The van der Waals surface area contributed by atoms with E-state index in [0.29, 0.717) is 30.0 Å². The van der Waals surface area contributed by atoms with Crippen LogP contribution < -0.4 is 10.7 Å². The number of rotatable bonds is 8. The van der Waals surface area contributed by atoms with Gasteiger partial charge < -0.3 is 10.1 Å².